The summed E-state index contributed by atoms with van der Waals surface area (Å²) >= 11 is 11.6. The van der Waals surface area contributed by atoms with Gasteiger partial charge in [0.1, 0.15) is 0 Å². The first-order chi connectivity index (χ1) is 8.20. The molecule has 0 aliphatic carbocycles. The van der Waals surface area contributed by atoms with Crippen LogP contribution < -0.4 is 5.32 Å². The van der Waals surface area contributed by atoms with Crippen LogP contribution in [-0.4, -0.2) is 15.2 Å². The van der Waals surface area contributed by atoms with E-state index in [4.69, 9.17) is 23.2 Å². The number of hydrogen-bond acceptors (Lipinski definition) is 4. The van der Waals surface area contributed by atoms with Crippen molar-refractivity contribution >= 4 is 34.7 Å². The Bertz CT molecular complexity index is 531. The summed E-state index contributed by atoms with van der Waals surface area (Å²) in [5.74, 6) is 0.410. The van der Waals surface area contributed by atoms with Gasteiger partial charge in [-0.15, -0.1) is 10.2 Å². The van der Waals surface area contributed by atoms with E-state index in [0.29, 0.717) is 5.82 Å². The van der Waals surface area contributed by atoms with Crippen molar-refractivity contribution in [2.24, 2.45) is 0 Å². The highest BCUT2D eigenvalue weighted by atomic mass is 35.5. The molecule has 0 spiro atoms. The maximum Gasteiger partial charge on any atom is 0.245 e. The third-order valence-corrected chi connectivity index (χ3v) is 2.69. The van der Waals surface area contributed by atoms with E-state index in [1.807, 2.05) is 24.3 Å². The average molecular weight is 269 g/mol. The molecule has 2 aromatic rings. The molecule has 1 aromatic heterocycles. The Kier molecular flexibility index (Phi) is 3.76. The number of nitrogens with one attached hydrogen (secondary N) is 1. The van der Waals surface area contributed by atoms with E-state index in [-0.39, 0.29) is 10.4 Å². The summed E-state index contributed by atoms with van der Waals surface area (Å²) < 4.78 is 0. The fourth-order valence-corrected chi connectivity index (χ4v) is 1.70. The number of rotatable bonds is 3. The van der Waals surface area contributed by atoms with Crippen molar-refractivity contribution in [3.63, 3.8) is 0 Å². The zero-order valence-electron chi connectivity index (χ0n) is 9.11. The first-order valence-electron chi connectivity index (χ1n) is 5.11. The summed E-state index contributed by atoms with van der Waals surface area (Å²) in [6, 6.07) is 7.90. The van der Waals surface area contributed by atoms with Crippen LogP contribution in [0.4, 0.5) is 11.5 Å². The van der Waals surface area contributed by atoms with Crippen LogP contribution in [0.1, 0.15) is 12.5 Å². The number of aryl methyl sites for hydroxylation is 1. The predicted octanol–water partition coefficient (Wildman–Crippen LogP) is 3.48. The van der Waals surface area contributed by atoms with Gasteiger partial charge in [0.25, 0.3) is 0 Å². The molecule has 0 saturated heterocycles. The van der Waals surface area contributed by atoms with Gasteiger partial charge < -0.3 is 5.32 Å². The van der Waals surface area contributed by atoms with E-state index >= 15 is 0 Å². The van der Waals surface area contributed by atoms with E-state index in [0.717, 1.165) is 12.1 Å². The summed E-state index contributed by atoms with van der Waals surface area (Å²) in [7, 11) is 0. The van der Waals surface area contributed by atoms with Crippen LogP contribution in [-0.2, 0) is 6.42 Å². The van der Waals surface area contributed by atoms with Crippen molar-refractivity contribution in [3.05, 3.63) is 40.3 Å². The summed E-state index contributed by atoms with van der Waals surface area (Å²) in [5.41, 5.74) is 2.10. The monoisotopic (exact) mass is 268 g/mol. The number of benzene rings is 1. The maximum absolute atomic E-state index is 5.88. The van der Waals surface area contributed by atoms with Gasteiger partial charge >= 0.3 is 0 Å². The molecule has 17 heavy (non-hydrogen) atoms. The Labute approximate surface area is 109 Å². The van der Waals surface area contributed by atoms with Gasteiger partial charge in [-0.3, -0.25) is 0 Å². The zero-order valence-corrected chi connectivity index (χ0v) is 10.6. The summed E-state index contributed by atoms with van der Waals surface area (Å²) in [5, 5.41) is 10.6. The Morgan fingerprint density at radius 3 is 2.71 bits per heavy atom. The van der Waals surface area contributed by atoms with Crippen LogP contribution in [0.3, 0.4) is 0 Å². The lowest BCUT2D eigenvalue weighted by Gasteiger charge is -2.10. The molecular weight excluding hydrogens is 259 g/mol. The van der Waals surface area contributed by atoms with Crippen LogP contribution >= 0.6 is 23.2 Å². The lowest BCUT2D eigenvalue weighted by Crippen LogP contribution is -2.00. The Morgan fingerprint density at radius 2 is 1.94 bits per heavy atom. The molecule has 2 rings (SSSR count). The SMILES string of the molecule is CCc1ccccc1Nc1nc(Cl)nnc1Cl. The highest BCUT2D eigenvalue weighted by molar-refractivity contribution is 6.32. The molecule has 0 aliphatic rings. The fourth-order valence-electron chi connectivity index (χ4n) is 1.45. The number of hydrogen-bond donors (Lipinski definition) is 1. The molecule has 0 atom stereocenters. The summed E-state index contributed by atoms with van der Waals surface area (Å²) in [6.07, 6.45) is 0.910. The summed E-state index contributed by atoms with van der Waals surface area (Å²) in [6.45, 7) is 2.08. The van der Waals surface area contributed by atoms with Crippen LogP contribution in [0.5, 0.6) is 0 Å². The van der Waals surface area contributed by atoms with Gasteiger partial charge in [0, 0.05) is 5.69 Å². The van der Waals surface area contributed by atoms with E-state index in [1.54, 1.807) is 0 Å². The van der Waals surface area contributed by atoms with Crippen molar-refractivity contribution in [2.45, 2.75) is 13.3 Å². The van der Waals surface area contributed by atoms with E-state index in [1.165, 1.54) is 5.56 Å². The molecule has 88 valence electrons. The third-order valence-electron chi connectivity index (χ3n) is 2.27. The molecule has 4 nitrogen and oxygen atoms in total. The quantitative estimate of drug-likeness (QED) is 0.926. The van der Waals surface area contributed by atoms with Crippen molar-refractivity contribution in [3.8, 4) is 0 Å². The largest absolute Gasteiger partial charge is 0.337 e. The van der Waals surface area contributed by atoms with Crippen molar-refractivity contribution in [2.75, 3.05) is 5.32 Å². The second-order valence-electron chi connectivity index (χ2n) is 3.36. The van der Waals surface area contributed by atoms with Crippen molar-refractivity contribution in [1.29, 1.82) is 0 Å². The van der Waals surface area contributed by atoms with E-state index < -0.39 is 0 Å². The van der Waals surface area contributed by atoms with E-state index in [2.05, 4.69) is 27.4 Å². The fraction of sp³-hybridized carbons (Fsp3) is 0.182. The number of nitrogens with zero attached hydrogens (tertiary/aromatic N) is 3. The topological polar surface area (TPSA) is 50.7 Å². The Morgan fingerprint density at radius 1 is 1.18 bits per heavy atom. The lowest BCUT2D eigenvalue weighted by molar-refractivity contribution is 0.974. The van der Waals surface area contributed by atoms with Crippen LogP contribution in [0.2, 0.25) is 10.4 Å². The van der Waals surface area contributed by atoms with Gasteiger partial charge in [-0.2, -0.15) is 4.98 Å². The van der Waals surface area contributed by atoms with Gasteiger partial charge in [-0.1, -0.05) is 36.7 Å². The molecular formula is C11H10Cl2N4. The number of para-hydroxylation sites is 1. The minimum Gasteiger partial charge on any atom is -0.337 e. The molecule has 0 fully saturated rings. The first kappa shape index (κ1) is 12.1. The number of halogens is 2. The standard InChI is InChI=1S/C11H10Cl2N4/c1-2-7-5-3-4-6-8(7)14-10-9(12)16-17-11(13)15-10/h3-6H,2H2,1H3,(H,14,15,17). The second kappa shape index (κ2) is 5.29. The molecule has 0 bridgehead atoms. The van der Waals surface area contributed by atoms with E-state index in [9.17, 15) is 0 Å². The van der Waals surface area contributed by atoms with Crippen LogP contribution in [0.15, 0.2) is 24.3 Å². The predicted molar refractivity (Wildman–Crippen MR) is 68.9 cm³/mol. The highest BCUT2D eigenvalue weighted by Gasteiger charge is 2.08. The van der Waals surface area contributed by atoms with Crippen LogP contribution in [0, 0.1) is 0 Å². The number of anilines is 2. The molecule has 0 radical (unpaired) electrons. The lowest BCUT2D eigenvalue weighted by atomic mass is 10.1. The molecule has 0 amide bonds. The maximum atomic E-state index is 5.88. The van der Waals surface area contributed by atoms with Gasteiger partial charge in [-0.25, -0.2) is 0 Å². The second-order valence-corrected chi connectivity index (χ2v) is 4.05. The molecule has 1 N–H and O–H groups in total. The van der Waals surface area contributed by atoms with Crippen molar-refractivity contribution < 1.29 is 0 Å². The van der Waals surface area contributed by atoms with Gasteiger partial charge in [0.15, 0.2) is 11.0 Å². The minimum absolute atomic E-state index is 0.0610. The zero-order chi connectivity index (χ0) is 12.3. The smallest absolute Gasteiger partial charge is 0.245 e. The number of aromatic nitrogens is 3. The average Bonchev–Trinajstić information content (AvgIpc) is 2.34. The molecule has 1 heterocycles. The highest BCUT2D eigenvalue weighted by Crippen LogP contribution is 2.24. The van der Waals surface area contributed by atoms with Gasteiger partial charge in [0.2, 0.25) is 5.28 Å². The molecule has 0 aliphatic heterocycles. The van der Waals surface area contributed by atoms with Gasteiger partial charge in [0.05, 0.1) is 0 Å². The Balaban J connectivity index is 2.34. The Hall–Kier alpha value is -1.39. The third kappa shape index (κ3) is 2.84. The minimum atomic E-state index is 0.0610. The van der Waals surface area contributed by atoms with Gasteiger partial charge in [-0.05, 0) is 29.7 Å². The van der Waals surface area contributed by atoms with Crippen molar-refractivity contribution in [1.82, 2.24) is 15.2 Å². The van der Waals surface area contributed by atoms with Crippen LogP contribution in [0.25, 0.3) is 0 Å². The molecule has 1 aromatic carbocycles. The first-order valence-corrected chi connectivity index (χ1v) is 5.87. The molecule has 0 unspecified atom stereocenters. The summed E-state index contributed by atoms with van der Waals surface area (Å²) in [4.78, 5) is 3.99. The molecule has 0 saturated carbocycles. The normalized spacial score (nSPS) is 10.3. The molecule has 6 heteroatoms.